The summed E-state index contributed by atoms with van der Waals surface area (Å²) >= 11 is 0. The number of amides is 2. The quantitative estimate of drug-likeness (QED) is 0.610. The second-order valence-corrected chi connectivity index (χ2v) is 4.27. The van der Waals surface area contributed by atoms with Crippen LogP contribution in [-0.4, -0.2) is 29.2 Å². The molecule has 2 amide bonds. The molecule has 3 N–H and O–H groups in total. The van der Waals surface area contributed by atoms with Crippen LogP contribution in [0.4, 0.5) is 4.79 Å². The number of terminal acetylenes is 1. The molecule has 0 saturated heterocycles. The highest BCUT2D eigenvalue weighted by molar-refractivity contribution is 5.82. The molecule has 0 aliphatic carbocycles. The Balaban J connectivity index is 4.32. The van der Waals surface area contributed by atoms with Gasteiger partial charge in [0.15, 0.2) is 0 Å². The summed E-state index contributed by atoms with van der Waals surface area (Å²) in [6.07, 6.45) is 6.18. The number of aliphatic carboxylic acids is 1. The summed E-state index contributed by atoms with van der Waals surface area (Å²) in [6, 6.07) is -1.79. The number of carboxylic acid groups (broad SMARTS) is 1. The second-order valence-electron chi connectivity index (χ2n) is 4.27. The number of rotatable bonds is 6. The summed E-state index contributed by atoms with van der Waals surface area (Å²) in [6.45, 7) is 5.63. The molecule has 0 aromatic rings. The average Bonchev–Trinajstić information content (AvgIpc) is 2.24. The molecule has 5 nitrogen and oxygen atoms in total. The highest BCUT2D eigenvalue weighted by Gasteiger charge is 2.21. The van der Waals surface area contributed by atoms with Crippen molar-refractivity contribution in [2.24, 2.45) is 5.92 Å². The van der Waals surface area contributed by atoms with Crippen LogP contribution in [0, 0.1) is 18.3 Å². The van der Waals surface area contributed by atoms with Crippen LogP contribution < -0.4 is 10.6 Å². The zero-order valence-electron chi connectivity index (χ0n) is 10.5. The van der Waals surface area contributed by atoms with Crippen LogP contribution >= 0.6 is 0 Å². The molecule has 0 heterocycles. The fraction of sp³-hybridized carbons (Fsp3) is 0.667. The van der Waals surface area contributed by atoms with Crippen molar-refractivity contribution in [2.75, 3.05) is 0 Å². The van der Waals surface area contributed by atoms with Crippen molar-refractivity contribution < 1.29 is 14.7 Å². The smallest absolute Gasteiger partial charge is 0.326 e. The Morgan fingerprint density at radius 1 is 1.35 bits per heavy atom. The van der Waals surface area contributed by atoms with E-state index in [-0.39, 0.29) is 12.0 Å². The monoisotopic (exact) mass is 240 g/mol. The number of carbonyl (C=O) groups excluding carboxylic acids is 1. The zero-order valence-corrected chi connectivity index (χ0v) is 10.5. The molecule has 0 rings (SSSR count). The van der Waals surface area contributed by atoms with Gasteiger partial charge in [-0.05, 0) is 18.8 Å². The van der Waals surface area contributed by atoms with Gasteiger partial charge in [-0.25, -0.2) is 9.59 Å². The fourth-order valence-corrected chi connectivity index (χ4v) is 1.31. The minimum Gasteiger partial charge on any atom is -0.480 e. The summed E-state index contributed by atoms with van der Waals surface area (Å²) in [5, 5.41) is 13.9. The Morgan fingerprint density at radius 2 is 1.94 bits per heavy atom. The van der Waals surface area contributed by atoms with Crippen LogP contribution in [-0.2, 0) is 4.79 Å². The van der Waals surface area contributed by atoms with Crippen LogP contribution in [0.1, 0.15) is 33.6 Å². The third kappa shape index (κ3) is 6.46. The van der Waals surface area contributed by atoms with E-state index < -0.39 is 18.0 Å². The van der Waals surface area contributed by atoms with Gasteiger partial charge in [-0.1, -0.05) is 26.7 Å². The zero-order chi connectivity index (χ0) is 13.4. The van der Waals surface area contributed by atoms with Crippen LogP contribution in [0.5, 0.6) is 0 Å². The van der Waals surface area contributed by atoms with E-state index in [0.717, 1.165) is 0 Å². The van der Waals surface area contributed by atoms with Crippen LogP contribution in [0.2, 0.25) is 0 Å². The summed E-state index contributed by atoms with van der Waals surface area (Å²) < 4.78 is 0. The predicted octanol–water partition coefficient (Wildman–Crippen LogP) is 1.20. The van der Waals surface area contributed by atoms with Crippen LogP contribution in [0.15, 0.2) is 0 Å². The molecule has 0 aliphatic heterocycles. The fourth-order valence-electron chi connectivity index (χ4n) is 1.31. The maximum absolute atomic E-state index is 11.5. The van der Waals surface area contributed by atoms with Gasteiger partial charge in [0.1, 0.15) is 6.04 Å². The van der Waals surface area contributed by atoms with Crippen molar-refractivity contribution >= 4 is 12.0 Å². The minimum atomic E-state index is -1.04. The Bertz CT molecular complexity index is 307. The predicted molar refractivity (Wildman–Crippen MR) is 65.5 cm³/mol. The number of carboxylic acids is 1. The molecule has 2 atom stereocenters. The van der Waals surface area contributed by atoms with E-state index in [2.05, 4.69) is 16.6 Å². The van der Waals surface area contributed by atoms with Crippen molar-refractivity contribution in [2.45, 2.75) is 45.7 Å². The summed E-state index contributed by atoms with van der Waals surface area (Å²) in [4.78, 5) is 22.4. The van der Waals surface area contributed by atoms with Gasteiger partial charge in [-0.2, -0.15) is 0 Å². The lowest BCUT2D eigenvalue weighted by molar-refractivity contribution is -0.139. The van der Waals surface area contributed by atoms with Gasteiger partial charge in [0.05, 0.1) is 6.04 Å². The third-order valence-corrected chi connectivity index (χ3v) is 2.23. The molecule has 5 heteroatoms. The molecule has 0 spiro atoms. The van der Waals surface area contributed by atoms with Crippen molar-refractivity contribution in [3.8, 4) is 12.3 Å². The van der Waals surface area contributed by atoms with E-state index in [1.807, 2.05) is 20.8 Å². The van der Waals surface area contributed by atoms with Crippen molar-refractivity contribution in [1.29, 1.82) is 0 Å². The first-order valence-electron chi connectivity index (χ1n) is 5.66. The van der Waals surface area contributed by atoms with E-state index in [1.54, 1.807) is 0 Å². The lowest BCUT2D eigenvalue weighted by Crippen LogP contribution is -2.49. The molecule has 2 unspecified atom stereocenters. The molecule has 0 aliphatic rings. The SMILES string of the molecule is C#CC(CC)NC(=O)NC(CC(C)C)C(=O)O. The maximum atomic E-state index is 11.5. The molecule has 0 radical (unpaired) electrons. The van der Waals surface area contributed by atoms with Crippen LogP contribution in [0.25, 0.3) is 0 Å². The topological polar surface area (TPSA) is 78.4 Å². The van der Waals surface area contributed by atoms with Gasteiger partial charge in [0, 0.05) is 0 Å². The van der Waals surface area contributed by atoms with Crippen LogP contribution in [0.3, 0.4) is 0 Å². The first-order valence-corrected chi connectivity index (χ1v) is 5.66. The molecule has 96 valence electrons. The lowest BCUT2D eigenvalue weighted by Gasteiger charge is -2.18. The van der Waals surface area contributed by atoms with Gasteiger partial charge in [-0.15, -0.1) is 6.42 Å². The van der Waals surface area contributed by atoms with Gasteiger partial charge in [0.2, 0.25) is 0 Å². The number of hydrogen-bond acceptors (Lipinski definition) is 2. The van der Waals surface area contributed by atoms with Gasteiger partial charge >= 0.3 is 12.0 Å². The minimum absolute atomic E-state index is 0.186. The van der Waals surface area contributed by atoms with Crippen molar-refractivity contribution in [1.82, 2.24) is 10.6 Å². The number of nitrogens with one attached hydrogen (secondary N) is 2. The van der Waals surface area contributed by atoms with E-state index in [9.17, 15) is 9.59 Å². The largest absolute Gasteiger partial charge is 0.480 e. The Hall–Kier alpha value is -1.70. The van der Waals surface area contributed by atoms with Gasteiger partial charge < -0.3 is 15.7 Å². The van der Waals surface area contributed by atoms with E-state index in [1.165, 1.54) is 0 Å². The molecular formula is C12H20N2O3. The first-order chi connectivity index (χ1) is 7.90. The lowest BCUT2D eigenvalue weighted by atomic mass is 10.0. The molecule has 0 aromatic heterocycles. The Kier molecular flexibility index (Phi) is 6.80. The van der Waals surface area contributed by atoms with E-state index in [0.29, 0.717) is 12.8 Å². The van der Waals surface area contributed by atoms with E-state index in [4.69, 9.17) is 11.5 Å². The molecule has 0 saturated carbocycles. The maximum Gasteiger partial charge on any atom is 0.326 e. The number of urea groups is 1. The highest BCUT2D eigenvalue weighted by Crippen LogP contribution is 2.04. The van der Waals surface area contributed by atoms with Crippen molar-refractivity contribution in [3.63, 3.8) is 0 Å². The van der Waals surface area contributed by atoms with Gasteiger partial charge in [-0.3, -0.25) is 0 Å². The van der Waals surface area contributed by atoms with Crippen molar-refractivity contribution in [3.05, 3.63) is 0 Å². The molecular weight excluding hydrogens is 220 g/mol. The third-order valence-electron chi connectivity index (χ3n) is 2.23. The first kappa shape index (κ1) is 15.3. The summed E-state index contributed by atoms with van der Waals surface area (Å²) in [7, 11) is 0. The molecule has 0 aromatic carbocycles. The molecule has 0 bridgehead atoms. The highest BCUT2D eigenvalue weighted by atomic mass is 16.4. The number of hydrogen-bond donors (Lipinski definition) is 3. The Morgan fingerprint density at radius 3 is 2.29 bits per heavy atom. The summed E-state index contributed by atoms with van der Waals surface area (Å²) in [5.74, 6) is 1.55. The average molecular weight is 240 g/mol. The van der Waals surface area contributed by atoms with E-state index >= 15 is 0 Å². The molecule has 17 heavy (non-hydrogen) atoms. The summed E-state index contributed by atoms with van der Waals surface area (Å²) in [5.41, 5.74) is 0. The number of carbonyl (C=O) groups is 2. The standard InChI is InChI=1S/C12H20N2O3/c1-5-9(6-2)13-12(17)14-10(11(15)16)7-8(3)4/h1,8-10H,6-7H2,2-4H3,(H,15,16)(H2,13,14,17). The van der Waals surface area contributed by atoms with Gasteiger partial charge in [0.25, 0.3) is 0 Å². The Labute approximate surface area is 102 Å². The normalized spacial score (nSPS) is 13.6. The second kappa shape index (κ2) is 7.55. The molecule has 0 fully saturated rings.